The largest absolute Gasteiger partial charge is 0.497 e. The van der Waals surface area contributed by atoms with Crippen LogP contribution in [0.4, 0.5) is 5.69 Å². The van der Waals surface area contributed by atoms with Crippen molar-refractivity contribution >= 4 is 27.6 Å². The van der Waals surface area contributed by atoms with Crippen molar-refractivity contribution in [3.63, 3.8) is 0 Å². The van der Waals surface area contributed by atoms with Gasteiger partial charge in [0.25, 0.3) is 10.0 Å². The number of methoxy groups -OCH3 is 2. The number of benzene rings is 2. The molecule has 9 heteroatoms. The van der Waals surface area contributed by atoms with Crippen LogP contribution in [-0.4, -0.2) is 59.0 Å². The fraction of sp³-hybridized carbons (Fsp3) is 0.391. The first-order chi connectivity index (χ1) is 15.3. The van der Waals surface area contributed by atoms with Crippen molar-refractivity contribution in [2.24, 2.45) is 5.92 Å². The van der Waals surface area contributed by atoms with Crippen molar-refractivity contribution in [1.82, 2.24) is 4.90 Å². The van der Waals surface area contributed by atoms with Gasteiger partial charge in [0.15, 0.2) is 0 Å². The standard InChI is InChI=1S/C23H28N2O6S/c1-17-7-9-21(10-8-17)32(28,29)25(19-5-4-6-20(15-19)30-2)16-22(26)24-13-11-18(12-14-24)23(27)31-3/h4-10,15,18H,11-14,16H2,1-3H3. The number of aryl methyl sites for hydroxylation is 1. The Balaban J connectivity index is 1.87. The molecule has 1 aliphatic heterocycles. The molecule has 32 heavy (non-hydrogen) atoms. The summed E-state index contributed by atoms with van der Waals surface area (Å²) in [7, 11) is -1.16. The molecule has 1 aliphatic rings. The summed E-state index contributed by atoms with van der Waals surface area (Å²) >= 11 is 0. The number of hydrogen-bond acceptors (Lipinski definition) is 6. The quantitative estimate of drug-likeness (QED) is 0.590. The van der Waals surface area contributed by atoms with E-state index in [0.717, 1.165) is 9.87 Å². The van der Waals surface area contributed by atoms with Crippen LogP contribution < -0.4 is 9.04 Å². The highest BCUT2D eigenvalue weighted by molar-refractivity contribution is 7.92. The Morgan fingerprint density at radius 1 is 1.06 bits per heavy atom. The van der Waals surface area contributed by atoms with Gasteiger partial charge in [-0.1, -0.05) is 23.8 Å². The molecule has 0 saturated carbocycles. The number of likely N-dealkylation sites (tertiary alicyclic amines) is 1. The van der Waals surface area contributed by atoms with E-state index in [4.69, 9.17) is 9.47 Å². The SMILES string of the molecule is COC(=O)C1CCN(C(=O)CN(c2cccc(OC)c2)S(=O)(=O)c2ccc(C)cc2)CC1. The number of carbonyl (C=O) groups excluding carboxylic acids is 2. The van der Waals surface area contributed by atoms with Crippen molar-refractivity contribution in [2.45, 2.75) is 24.7 Å². The molecule has 2 aromatic rings. The molecule has 8 nitrogen and oxygen atoms in total. The lowest BCUT2D eigenvalue weighted by molar-refractivity contribution is -0.148. The van der Waals surface area contributed by atoms with Gasteiger partial charge in [0, 0.05) is 19.2 Å². The Labute approximate surface area is 188 Å². The van der Waals surface area contributed by atoms with Crippen molar-refractivity contribution in [2.75, 3.05) is 38.2 Å². The third kappa shape index (κ3) is 5.21. The number of anilines is 1. The summed E-state index contributed by atoms with van der Waals surface area (Å²) in [6.45, 7) is 2.26. The van der Waals surface area contributed by atoms with Crippen LogP contribution in [0, 0.1) is 12.8 Å². The second-order valence-corrected chi connectivity index (χ2v) is 9.57. The third-order valence-electron chi connectivity index (χ3n) is 5.61. The number of esters is 1. The monoisotopic (exact) mass is 460 g/mol. The van der Waals surface area contributed by atoms with Gasteiger partial charge < -0.3 is 14.4 Å². The molecular formula is C23H28N2O6S. The third-order valence-corrected chi connectivity index (χ3v) is 7.40. The van der Waals surface area contributed by atoms with Crippen LogP contribution in [0.1, 0.15) is 18.4 Å². The van der Waals surface area contributed by atoms with E-state index in [9.17, 15) is 18.0 Å². The smallest absolute Gasteiger partial charge is 0.308 e. The summed E-state index contributed by atoms with van der Waals surface area (Å²) in [5.74, 6) is -0.364. The van der Waals surface area contributed by atoms with Crippen LogP contribution in [-0.2, 0) is 24.3 Å². The lowest BCUT2D eigenvalue weighted by atomic mass is 9.97. The zero-order valence-corrected chi connectivity index (χ0v) is 19.3. The fourth-order valence-electron chi connectivity index (χ4n) is 3.67. The van der Waals surface area contributed by atoms with Gasteiger partial charge >= 0.3 is 5.97 Å². The molecule has 0 radical (unpaired) electrons. The van der Waals surface area contributed by atoms with Crippen molar-refractivity contribution < 1.29 is 27.5 Å². The zero-order chi connectivity index (χ0) is 23.3. The molecule has 0 aromatic heterocycles. The molecule has 1 saturated heterocycles. The molecule has 1 fully saturated rings. The van der Waals surface area contributed by atoms with E-state index in [0.29, 0.717) is 37.4 Å². The number of ether oxygens (including phenoxy) is 2. The van der Waals surface area contributed by atoms with E-state index < -0.39 is 10.0 Å². The predicted molar refractivity (Wildman–Crippen MR) is 120 cm³/mol. The summed E-state index contributed by atoms with van der Waals surface area (Å²) in [6.07, 6.45) is 0.977. The Morgan fingerprint density at radius 2 is 1.72 bits per heavy atom. The first kappa shape index (κ1) is 23.6. The van der Waals surface area contributed by atoms with Crippen LogP contribution in [0.25, 0.3) is 0 Å². The van der Waals surface area contributed by atoms with Gasteiger partial charge in [-0.3, -0.25) is 13.9 Å². The maximum Gasteiger partial charge on any atom is 0.308 e. The number of amides is 1. The normalized spacial score (nSPS) is 14.7. The Morgan fingerprint density at radius 3 is 2.31 bits per heavy atom. The number of hydrogen-bond donors (Lipinski definition) is 0. The van der Waals surface area contributed by atoms with Crippen LogP contribution in [0.5, 0.6) is 5.75 Å². The second kappa shape index (κ2) is 10.0. The molecule has 0 N–H and O–H groups in total. The lowest BCUT2D eigenvalue weighted by Crippen LogP contribution is -2.46. The van der Waals surface area contributed by atoms with Crippen molar-refractivity contribution in [3.05, 3.63) is 54.1 Å². The highest BCUT2D eigenvalue weighted by Gasteiger charge is 2.32. The molecule has 0 bridgehead atoms. The number of piperidine rings is 1. The Kier molecular flexibility index (Phi) is 7.40. The molecule has 1 heterocycles. The second-order valence-electron chi connectivity index (χ2n) is 7.70. The van der Waals surface area contributed by atoms with E-state index in [1.807, 2.05) is 6.92 Å². The first-order valence-electron chi connectivity index (χ1n) is 10.4. The van der Waals surface area contributed by atoms with Crippen LogP contribution in [0.2, 0.25) is 0 Å². The van der Waals surface area contributed by atoms with Gasteiger partial charge in [0.05, 0.1) is 30.7 Å². The molecule has 0 spiro atoms. The molecule has 0 unspecified atom stereocenters. The van der Waals surface area contributed by atoms with Crippen LogP contribution in [0.3, 0.4) is 0 Å². The molecule has 0 atom stereocenters. The number of sulfonamides is 1. The van der Waals surface area contributed by atoms with E-state index in [1.165, 1.54) is 26.4 Å². The van der Waals surface area contributed by atoms with Crippen molar-refractivity contribution in [1.29, 1.82) is 0 Å². The molecular weight excluding hydrogens is 432 g/mol. The van der Waals surface area contributed by atoms with Crippen LogP contribution >= 0.6 is 0 Å². The highest BCUT2D eigenvalue weighted by atomic mass is 32.2. The van der Waals surface area contributed by atoms with E-state index in [-0.39, 0.29) is 29.2 Å². The van der Waals surface area contributed by atoms with Gasteiger partial charge in [-0.25, -0.2) is 8.42 Å². The Bertz CT molecular complexity index is 1060. The maximum atomic E-state index is 13.5. The van der Waals surface area contributed by atoms with Crippen LogP contribution in [0.15, 0.2) is 53.4 Å². The zero-order valence-electron chi connectivity index (χ0n) is 18.5. The molecule has 0 aliphatic carbocycles. The minimum absolute atomic E-state index is 0.100. The Hall–Kier alpha value is -3.07. The lowest BCUT2D eigenvalue weighted by Gasteiger charge is -2.33. The molecule has 1 amide bonds. The minimum atomic E-state index is -4.00. The van der Waals surface area contributed by atoms with Crippen molar-refractivity contribution in [3.8, 4) is 5.75 Å². The number of carbonyl (C=O) groups is 2. The summed E-state index contributed by atoms with van der Waals surface area (Å²) in [5, 5.41) is 0. The summed E-state index contributed by atoms with van der Waals surface area (Å²) in [5.41, 5.74) is 1.27. The van der Waals surface area contributed by atoms with Gasteiger partial charge in [0.1, 0.15) is 12.3 Å². The average Bonchev–Trinajstić information content (AvgIpc) is 2.82. The average molecular weight is 461 g/mol. The first-order valence-corrected chi connectivity index (χ1v) is 11.8. The van der Waals surface area contributed by atoms with Gasteiger partial charge in [-0.2, -0.15) is 0 Å². The topological polar surface area (TPSA) is 93.2 Å². The molecule has 172 valence electrons. The number of nitrogens with zero attached hydrogens (tertiary/aromatic N) is 2. The van der Waals surface area contributed by atoms with Gasteiger partial charge in [0.2, 0.25) is 5.91 Å². The maximum absolute atomic E-state index is 13.5. The summed E-state index contributed by atoms with van der Waals surface area (Å²) in [6, 6.07) is 13.1. The predicted octanol–water partition coefficient (Wildman–Crippen LogP) is 2.61. The van der Waals surface area contributed by atoms with Gasteiger partial charge in [-0.15, -0.1) is 0 Å². The van der Waals surface area contributed by atoms with E-state index in [1.54, 1.807) is 41.3 Å². The van der Waals surface area contributed by atoms with E-state index in [2.05, 4.69) is 0 Å². The fourth-order valence-corrected chi connectivity index (χ4v) is 5.08. The minimum Gasteiger partial charge on any atom is -0.497 e. The number of rotatable bonds is 7. The molecule has 2 aromatic carbocycles. The summed E-state index contributed by atoms with van der Waals surface area (Å²) in [4.78, 5) is 26.5. The van der Waals surface area contributed by atoms with E-state index >= 15 is 0 Å². The molecule has 3 rings (SSSR count). The van der Waals surface area contributed by atoms with Gasteiger partial charge in [-0.05, 0) is 44.0 Å². The highest BCUT2D eigenvalue weighted by Crippen LogP contribution is 2.28. The summed E-state index contributed by atoms with van der Waals surface area (Å²) < 4.78 is 38.1.